The molecule has 68 valence electrons. The van der Waals surface area contributed by atoms with E-state index in [0.717, 1.165) is 6.42 Å². The van der Waals surface area contributed by atoms with Crippen LogP contribution in [0.15, 0.2) is 16.8 Å². The molecule has 2 N–H and O–H groups in total. The maximum atomic E-state index is 5.70. The van der Waals surface area contributed by atoms with Crippen LogP contribution < -0.4 is 5.73 Å². The van der Waals surface area contributed by atoms with Gasteiger partial charge in [-0.1, -0.05) is 6.92 Å². The Morgan fingerprint density at radius 1 is 1.42 bits per heavy atom. The average molecular weight is 183 g/mol. The van der Waals surface area contributed by atoms with Crippen LogP contribution in [-0.2, 0) is 0 Å². The maximum Gasteiger partial charge on any atom is 0.00106 e. The SMILES string of the molecule is CC(N)CCC(C)c1ccsc1. The summed E-state index contributed by atoms with van der Waals surface area (Å²) in [5.74, 6) is 0.669. The van der Waals surface area contributed by atoms with E-state index in [1.165, 1.54) is 12.0 Å². The van der Waals surface area contributed by atoms with Crippen molar-refractivity contribution in [2.45, 2.75) is 38.6 Å². The highest BCUT2D eigenvalue weighted by molar-refractivity contribution is 7.07. The number of hydrogen-bond acceptors (Lipinski definition) is 2. The van der Waals surface area contributed by atoms with Crippen LogP contribution >= 0.6 is 11.3 Å². The van der Waals surface area contributed by atoms with E-state index in [9.17, 15) is 0 Å². The molecule has 0 aliphatic heterocycles. The van der Waals surface area contributed by atoms with Crippen LogP contribution in [0.25, 0.3) is 0 Å². The predicted octanol–water partition coefficient (Wildman–Crippen LogP) is 2.98. The van der Waals surface area contributed by atoms with Gasteiger partial charge in [-0.25, -0.2) is 0 Å². The summed E-state index contributed by atoms with van der Waals surface area (Å²) in [6.07, 6.45) is 2.32. The van der Waals surface area contributed by atoms with E-state index in [1.807, 2.05) is 0 Å². The summed E-state index contributed by atoms with van der Waals surface area (Å²) in [7, 11) is 0. The van der Waals surface area contributed by atoms with Gasteiger partial charge in [0, 0.05) is 6.04 Å². The van der Waals surface area contributed by atoms with Crippen molar-refractivity contribution in [1.82, 2.24) is 0 Å². The van der Waals surface area contributed by atoms with Gasteiger partial charge in [0.1, 0.15) is 0 Å². The fourth-order valence-electron chi connectivity index (χ4n) is 1.23. The Morgan fingerprint density at radius 2 is 2.17 bits per heavy atom. The minimum Gasteiger partial charge on any atom is -0.328 e. The van der Waals surface area contributed by atoms with Crippen LogP contribution in [0.2, 0.25) is 0 Å². The van der Waals surface area contributed by atoms with Crippen LogP contribution in [0.4, 0.5) is 0 Å². The van der Waals surface area contributed by atoms with E-state index in [4.69, 9.17) is 5.73 Å². The van der Waals surface area contributed by atoms with Crippen molar-refractivity contribution in [2.24, 2.45) is 5.73 Å². The molecule has 0 fully saturated rings. The lowest BCUT2D eigenvalue weighted by atomic mass is 9.97. The maximum absolute atomic E-state index is 5.70. The summed E-state index contributed by atoms with van der Waals surface area (Å²) in [6, 6.07) is 2.54. The minimum absolute atomic E-state index is 0.339. The molecule has 0 amide bonds. The molecule has 1 aromatic rings. The molecule has 1 aromatic heterocycles. The molecule has 2 atom stereocenters. The topological polar surface area (TPSA) is 26.0 Å². The summed E-state index contributed by atoms with van der Waals surface area (Å²) in [5.41, 5.74) is 7.16. The van der Waals surface area contributed by atoms with Crippen LogP contribution in [0.5, 0.6) is 0 Å². The van der Waals surface area contributed by atoms with Crippen LogP contribution in [0.3, 0.4) is 0 Å². The van der Waals surface area contributed by atoms with Gasteiger partial charge < -0.3 is 5.73 Å². The van der Waals surface area contributed by atoms with Crippen molar-refractivity contribution in [2.75, 3.05) is 0 Å². The van der Waals surface area contributed by atoms with Crippen molar-refractivity contribution >= 4 is 11.3 Å². The molecule has 2 heteroatoms. The Labute approximate surface area is 78.6 Å². The lowest BCUT2D eigenvalue weighted by Crippen LogP contribution is -2.15. The first-order chi connectivity index (χ1) is 5.70. The zero-order chi connectivity index (χ0) is 8.97. The average Bonchev–Trinajstić information content (AvgIpc) is 2.51. The van der Waals surface area contributed by atoms with Gasteiger partial charge in [0.25, 0.3) is 0 Å². The highest BCUT2D eigenvalue weighted by Gasteiger charge is 2.06. The Kier molecular flexibility index (Phi) is 3.76. The zero-order valence-corrected chi connectivity index (χ0v) is 8.60. The second kappa shape index (κ2) is 4.63. The molecule has 12 heavy (non-hydrogen) atoms. The molecule has 0 aliphatic rings. The summed E-state index contributed by atoms with van der Waals surface area (Å²) >= 11 is 1.77. The zero-order valence-electron chi connectivity index (χ0n) is 7.79. The summed E-state index contributed by atoms with van der Waals surface area (Å²) < 4.78 is 0. The molecule has 0 aromatic carbocycles. The quantitative estimate of drug-likeness (QED) is 0.763. The van der Waals surface area contributed by atoms with E-state index in [1.54, 1.807) is 11.3 Å². The second-order valence-corrected chi connectivity index (χ2v) is 4.29. The molecular formula is C10H17NS. The first-order valence-electron chi connectivity index (χ1n) is 4.48. The third kappa shape index (κ3) is 2.95. The highest BCUT2D eigenvalue weighted by Crippen LogP contribution is 2.22. The van der Waals surface area contributed by atoms with E-state index in [2.05, 4.69) is 30.7 Å². The van der Waals surface area contributed by atoms with Crippen LogP contribution in [-0.4, -0.2) is 6.04 Å². The Bertz CT molecular complexity index is 204. The molecular weight excluding hydrogens is 166 g/mol. The smallest absolute Gasteiger partial charge is 0.00106 e. The van der Waals surface area contributed by atoms with Crippen LogP contribution in [0.1, 0.15) is 38.2 Å². The van der Waals surface area contributed by atoms with Gasteiger partial charge in [-0.3, -0.25) is 0 Å². The predicted molar refractivity (Wildman–Crippen MR) is 55.6 cm³/mol. The standard InChI is InChI=1S/C10H17NS/c1-8(3-4-9(2)11)10-5-6-12-7-10/h5-9H,3-4,11H2,1-2H3. The number of rotatable bonds is 4. The molecule has 2 unspecified atom stereocenters. The lowest BCUT2D eigenvalue weighted by molar-refractivity contribution is 0.570. The van der Waals surface area contributed by atoms with Gasteiger partial charge in [0.05, 0.1) is 0 Å². The molecule has 0 aliphatic carbocycles. The van der Waals surface area contributed by atoms with Gasteiger partial charge in [-0.15, -0.1) is 0 Å². The molecule has 1 rings (SSSR count). The molecule has 0 bridgehead atoms. The number of thiophene rings is 1. The van der Waals surface area contributed by atoms with E-state index in [0.29, 0.717) is 12.0 Å². The van der Waals surface area contributed by atoms with Gasteiger partial charge in [0.15, 0.2) is 0 Å². The molecule has 0 spiro atoms. The van der Waals surface area contributed by atoms with Crippen molar-refractivity contribution in [3.8, 4) is 0 Å². The first-order valence-corrected chi connectivity index (χ1v) is 5.42. The van der Waals surface area contributed by atoms with Gasteiger partial charge in [-0.05, 0) is 48.1 Å². The first kappa shape index (κ1) is 9.75. The molecule has 0 radical (unpaired) electrons. The summed E-state index contributed by atoms with van der Waals surface area (Å²) in [5, 5.41) is 4.36. The highest BCUT2D eigenvalue weighted by atomic mass is 32.1. The monoisotopic (exact) mass is 183 g/mol. The summed E-state index contributed by atoms with van der Waals surface area (Å²) in [6.45, 7) is 4.34. The van der Waals surface area contributed by atoms with Gasteiger partial charge in [-0.2, -0.15) is 11.3 Å². The fourth-order valence-corrected chi connectivity index (χ4v) is 2.02. The number of nitrogens with two attached hydrogens (primary N) is 1. The molecule has 0 saturated carbocycles. The third-order valence-electron chi connectivity index (χ3n) is 2.17. The largest absolute Gasteiger partial charge is 0.328 e. The Balaban J connectivity index is 2.34. The Hall–Kier alpha value is -0.340. The van der Waals surface area contributed by atoms with E-state index >= 15 is 0 Å². The normalized spacial score (nSPS) is 15.9. The van der Waals surface area contributed by atoms with Crippen molar-refractivity contribution in [1.29, 1.82) is 0 Å². The molecule has 0 saturated heterocycles. The third-order valence-corrected chi connectivity index (χ3v) is 2.87. The van der Waals surface area contributed by atoms with Crippen molar-refractivity contribution in [3.63, 3.8) is 0 Å². The lowest BCUT2D eigenvalue weighted by Gasteiger charge is -2.10. The second-order valence-electron chi connectivity index (χ2n) is 3.51. The number of hydrogen-bond donors (Lipinski definition) is 1. The van der Waals surface area contributed by atoms with Gasteiger partial charge in [0.2, 0.25) is 0 Å². The van der Waals surface area contributed by atoms with Crippen molar-refractivity contribution in [3.05, 3.63) is 22.4 Å². The van der Waals surface area contributed by atoms with E-state index in [-0.39, 0.29) is 0 Å². The van der Waals surface area contributed by atoms with Crippen LogP contribution in [0, 0.1) is 0 Å². The van der Waals surface area contributed by atoms with Crippen molar-refractivity contribution < 1.29 is 0 Å². The van der Waals surface area contributed by atoms with E-state index < -0.39 is 0 Å². The molecule has 1 heterocycles. The Morgan fingerprint density at radius 3 is 2.67 bits per heavy atom. The van der Waals surface area contributed by atoms with Gasteiger partial charge >= 0.3 is 0 Å². The molecule has 1 nitrogen and oxygen atoms in total. The minimum atomic E-state index is 0.339. The fraction of sp³-hybridized carbons (Fsp3) is 0.600. The summed E-state index contributed by atoms with van der Waals surface area (Å²) in [4.78, 5) is 0.